The van der Waals surface area contributed by atoms with E-state index >= 15 is 0 Å². The molecule has 1 saturated heterocycles. The van der Waals surface area contributed by atoms with Crippen molar-refractivity contribution in [2.45, 2.75) is 39.5 Å². The van der Waals surface area contributed by atoms with E-state index in [1.54, 1.807) is 4.90 Å². The number of H-pyrrole nitrogens is 1. The van der Waals surface area contributed by atoms with Crippen LogP contribution in [0.15, 0.2) is 52.2 Å². The molecule has 0 spiro atoms. The highest BCUT2D eigenvalue weighted by molar-refractivity contribution is 5.76. The number of rotatable bonds is 3. The van der Waals surface area contributed by atoms with Gasteiger partial charge in [0.25, 0.3) is 5.56 Å². The van der Waals surface area contributed by atoms with E-state index in [1.165, 1.54) is 16.8 Å². The average Bonchev–Trinajstić information content (AvgIpc) is 2.63. The maximum absolute atomic E-state index is 12.9. The van der Waals surface area contributed by atoms with Crippen molar-refractivity contribution in [3.8, 4) is 0 Å². The molecule has 0 aliphatic carbocycles. The first-order valence-corrected chi connectivity index (χ1v) is 9.02. The number of hydrogen-bond acceptors (Lipinski definition) is 4. The quantitative estimate of drug-likeness (QED) is 0.887. The minimum Gasteiger partial charge on any atom is -0.366 e. The molecule has 1 fully saturated rings. The van der Waals surface area contributed by atoms with Crippen molar-refractivity contribution in [2.75, 3.05) is 13.1 Å². The van der Waals surface area contributed by atoms with E-state index in [0.717, 1.165) is 5.56 Å². The SMILES string of the molecule is CC(C)(C)C1CN(C(=O)Cn2ccc(=O)[nH]c2=O)CC(c2ccccc2)O1. The summed E-state index contributed by atoms with van der Waals surface area (Å²) in [5, 5.41) is 0. The van der Waals surface area contributed by atoms with Gasteiger partial charge in [0.1, 0.15) is 12.6 Å². The summed E-state index contributed by atoms with van der Waals surface area (Å²) in [4.78, 5) is 39.9. The van der Waals surface area contributed by atoms with Crippen molar-refractivity contribution >= 4 is 5.91 Å². The van der Waals surface area contributed by atoms with Gasteiger partial charge in [-0.05, 0) is 11.0 Å². The fourth-order valence-electron chi connectivity index (χ4n) is 3.11. The zero-order valence-electron chi connectivity index (χ0n) is 15.8. The number of hydrogen-bond donors (Lipinski definition) is 1. The van der Waals surface area contributed by atoms with Crippen LogP contribution in [0, 0.1) is 5.41 Å². The smallest absolute Gasteiger partial charge is 0.328 e. The van der Waals surface area contributed by atoms with Gasteiger partial charge in [-0.3, -0.25) is 19.1 Å². The summed E-state index contributed by atoms with van der Waals surface area (Å²) in [6, 6.07) is 11.1. The minimum absolute atomic E-state index is 0.117. The number of nitrogens with one attached hydrogen (secondary N) is 1. The number of benzene rings is 1. The van der Waals surface area contributed by atoms with Gasteiger partial charge in [0, 0.05) is 18.8 Å². The molecule has 2 atom stereocenters. The molecule has 7 nitrogen and oxygen atoms in total. The first kappa shape index (κ1) is 19.1. The molecule has 1 aromatic carbocycles. The molecule has 2 heterocycles. The van der Waals surface area contributed by atoms with Gasteiger partial charge in [0.2, 0.25) is 5.91 Å². The molecule has 27 heavy (non-hydrogen) atoms. The van der Waals surface area contributed by atoms with Crippen molar-refractivity contribution in [3.05, 3.63) is 69.0 Å². The van der Waals surface area contributed by atoms with E-state index in [2.05, 4.69) is 25.8 Å². The van der Waals surface area contributed by atoms with Crippen molar-refractivity contribution in [3.63, 3.8) is 0 Å². The lowest BCUT2D eigenvalue weighted by Gasteiger charge is -2.43. The number of aromatic amines is 1. The highest BCUT2D eigenvalue weighted by atomic mass is 16.5. The van der Waals surface area contributed by atoms with E-state index in [0.29, 0.717) is 13.1 Å². The van der Waals surface area contributed by atoms with Gasteiger partial charge in [-0.15, -0.1) is 0 Å². The predicted molar refractivity (Wildman–Crippen MR) is 101 cm³/mol. The van der Waals surface area contributed by atoms with Crippen LogP contribution in [-0.4, -0.2) is 39.6 Å². The predicted octanol–water partition coefficient (Wildman–Crippen LogP) is 1.55. The summed E-state index contributed by atoms with van der Waals surface area (Å²) < 4.78 is 7.51. The average molecular weight is 371 g/mol. The van der Waals surface area contributed by atoms with Crippen LogP contribution in [0.3, 0.4) is 0 Å². The van der Waals surface area contributed by atoms with Crippen LogP contribution in [0.25, 0.3) is 0 Å². The molecule has 0 saturated carbocycles. The Morgan fingerprint density at radius 2 is 1.85 bits per heavy atom. The fraction of sp³-hybridized carbons (Fsp3) is 0.450. The van der Waals surface area contributed by atoms with Crippen LogP contribution in [0.5, 0.6) is 0 Å². The third-order valence-electron chi connectivity index (χ3n) is 4.79. The molecule has 1 aliphatic heterocycles. The second kappa shape index (κ2) is 7.52. The third-order valence-corrected chi connectivity index (χ3v) is 4.79. The Hall–Kier alpha value is -2.67. The van der Waals surface area contributed by atoms with Gasteiger partial charge in [0.15, 0.2) is 0 Å². The van der Waals surface area contributed by atoms with Gasteiger partial charge >= 0.3 is 5.69 Å². The van der Waals surface area contributed by atoms with Gasteiger partial charge in [0.05, 0.1) is 12.6 Å². The number of morpholine rings is 1. The van der Waals surface area contributed by atoms with Crippen LogP contribution in [0.4, 0.5) is 0 Å². The highest BCUT2D eigenvalue weighted by Gasteiger charge is 2.37. The van der Waals surface area contributed by atoms with Crippen molar-refractivity contribution in [1.29, 1.82) is 0 Å². The van der Waals surface area contributed by atoms with E-state index < -0.39 is 11.2 Å². The van der Waals surface area contributed by atoms with E-state index in [1.807, 2.05) is 30.3 Å². The third kappa shape index (κ3) is 4.54. The Labute approximate surface area is 157 Å². The van der Waals surface area contributed by atoms with Gasteiger partial charge < -0.3 is 9.64 Å². The number of carbonyl (C=O) groups excluding carboxylic acids is 1. The zero-order chi connectivity index (χ0) is 19.6. The molecule has 1 aromatic heterocycles. The van der Waals surface area contributed by atoms with Crippen LogP contribution in [0.2, 0.25) is 0 Å². The first-order valence-electron chi connectivity index (χ1n) is 9.02. The Morgan fingerprint density at radius 1 is 1.15 bits per heavy atom. The molecule has 1 amide bonds. The normalized spacial score (nSPS) is 20.5. The summed E-state index contributed by atoms with van der Waals surface area (Å²) in [5.41, 5.74) is -0.186. The molecule has 144 valence electrons. The van der Waals surface area contributed by atoms with E-state index in [9.17, 15) is 14.4 Å². The molecular weight excluding hydrogens is 346 g/mol. The van der Waals surface area contributed by atoms with Gasteiger partial charge in [-0.1, -0.05) is 51.1 Å². The lowest BCUT2D eigenvalue weighted by Crippen LogP contribution is -2.52. The summed E-state index contributed by atoms with van der Waals surface area (Å²) in [7, 11) is 0. The standard InChI is InChI=1S/C20H25N3O4/c1-20(2,3)16-12-23(11-15(27-16)14-7-5-4-6-8-14)18(25)13-22-10-9-17(24)21-19(22)26/h4-10,15-16H,11-13H2,1-3H3,(H,21,24,26). The van der Waals surface area contributed by atoms with Crippen LogP contribution in [-0.2, 0) is 16.1 Å². The van der Waals surface area contributed by atoms with Crippen molar-refractivity contribution in [1.82, 2.24) is 14.5 Å². The monoisotopic (exact) mass is 371 g/mol. The van der Waals surface area contributed by atoms with Gasteiger partial charge in [-0.25, -0.2) is 4.79 Å². The highest BCUT2D eigenvalue weighted by Crippen LogP contribution is 2.33. The number of nitrogens with zero attached hydrogens (tertiary/aromatic N) is 2. The number of amides is 1. The lowest BCUT2D eigenvalue weighted by molar-refractivity contribution is -0.157. The fourth-order valence-corrected chi connectivity index (χ4v) is 3.11. The molecule has 2 aromatic rings. The second-order valence-corrected chi connectivity index (χ2v) is 7.93. The topological polar surface area (TPSA) is 84.4 Å². The Balaban J connectivity index is 1.82. The maximum atomic E-state index is 12.9. The van der Waals surface area contributed by atoms with Gasteiger partial charge in [-0.2, -0.15) is 0 Å². The number of ether oxygens (including phenoxy) is 1. The molecule has 7 heteroatoms. The Morgan fingerprint density at radius 3 is 2.48 bits per heavy atom. The molecule has 1 aliphatic rings. The Bertz CT molecular complexity index is 911. The van der Waals surface area contributed by atoms with Crippen LogP contribution in [0.1, 0.15) is 32.4 Å². The molecular formula is C20H25N3O4. The van der Waals surface area contributed by atoms with Crippen LogP contribution < -0.4 is 11.2 Å². The lowest BCUT2D eigenvalue weighted by atomic mass is 9.87. The summed E-state index contributed by atoms with van der Waals surface area (Å²) in [5.74, 6) is -0.178. The van der Waals surface area contributed by atoms with E-state index in [4.69, 9.17) is 4.74 Å². The Kier molecular flexibility index (Phi) is 5.32. The van der Waals surface area contributed by atoms with E-state index in [-0.39, 0.29) is 30.1 Å². The largest absolute Gasteiger partial charge is 0.366 e. The number of aromatic nitrogens is 2. The molecule has 1 N–H and O–H groups in total. The van der Waals surface area contributed by atoms with Crippen LogP contribution >= 0.6 is 0 Å². The molecule has 2 unspecified atom stereocenters. The molecule has 0 bridgehead atoms. The first-order chi connectivity index (χ1) is 12.7. The van der Waals surface area contributed by atoms with Crippen molar-refractivity contribution in [2.24, 2.45) is 5.41 Å². The summed E-state index contributed by atoms with van der Waals surface area (Å²) in [6.45, 7) is 7.02. The summed E-state index contributed by atoms with van der Waals surface area (Å²) in [6.07, 6.45) is 0.989. The molecule has 3 rings (SSSR count). The zero-order valence-corrected chi connectivity index (χ0v) is 15.8. The summed E-state index contributed by atoms with van der Waals surface area (Å²) >= 11 is 0. The van der Waals surface area contributed by atoms with Crippen molar-refractivity contribution < 1.29 is 9.53 Å². The maximum Gasteiger partial charge on any atom is 0.328 e. The second-order valence-electron chi connectivity index (χ2n) is 7.93. The number of carbonyl (C=O) groups is 1. The minimum atomic E-state index is -0.587. The molecule has 0 radical (unpaired) electrons.